The quantitative estimate of drug-likeness (QED) is 0.511. The monoisotopic (exact) mass is 306 g/mol. The largest absolute Gasteiger partial charge is 0.493 e. The molecular formula is C19H14O4. The molecule has 0 aliphatic carbocycles. The molecule has 0 saturated heterocycles. The van der Waals surface area contributed by atoms with E-state index in [0.29, 0.717) is 22.7 Å². The van der Waals surface area contributed by atoms with E-state index in [0.717, 1.165) is 21.9 Å². The van der Waals surface area contributed by atoms with E-state index < -0.39 is 5.63 Å². The molecule has 0 radical (unpaired) electrons. The van der Waals surface area contributed by atoms with Crippen LogP contribution in [0.3, 0.4) is 0 Å². The van der Waals surface area contributed by atoms with Gasteiger partial charge < -0.3 is 13.6 Å². The third-order valence-electron chi connectivity index (χ3n) is 3.89. The number of benzene rings is 2. The zero-order valence-corrected chi connectivity index (χ0v) is 12.8. The number of methoxy groups -OCH3 is 1. The number of hydrogen-bond donors (Lipinski definition) is 0. The molecule has 0 atom stereocenters. The molecule has 0 N–H and O–H groups in total. The topological polar surface area (TPSA) is 52.6 Å². The van der Waals surface area contributed by atoms with Crippen LogP contribution in [0.4, 0.5) is 0 Å². The molecule has 2 aromatic heterocycles. The van der Waals surface area contributed by atoms with Crippen LogP contribution in [0, 0.1) is 6.92 Å². The minimum atomic E-state index is -0.399. The second kappa shape index (κ2) is 5.02. The van der Waals surface area contributed by atoms with Gasteiger partial charge in [0.1, 0.15) is 11.3 Å². The van der Waals surface area contributed by atoms with E-state index in [2.05, 4.69) is 0 Å². The van der Waals surface area contributed by atoms with Crippen LogP contribution in [0.5, 0.6) is 5.75 Å². The third kappa shape index (κ3) is 2.19. The van der Waals surface area contributed by atoms with Crippen molar-refractivity contribution in [3.05, 3.63) is 64.5 Å². The fourth-order valence-electron chi connectivity index (χ4n) is 2.81. The van der Waals surface area contributed by atoms with Crippen LogP contribution in [-0.2, 0) is 0 Å². The average molecular weight is 306 g/mol. The van der Waals surface area contributed by atoms with Crippen molar-refractivity contribution in [1.82, 2.24) is 0 Å². The summed E-state index contributed by atoms with van der Waals surface area (Å²) in [4.78, 5) is 11.9. The summed E-state index contributed by atoms with van der Waals surface area (Å²) in [5.74, 6) is 1.28. The molecule has 0 bridgehead atoms. The minimum absolute atomic E-state index is 0.399. The van der Waals surface area contributed by atoms with Crippen LogP contribution in [0.2, 0.25) is 0 Å². The molecule has 2 heterocycles. The highest BCUT2D eigenvalue weighted by atomic mass is 16.5. The number of fused-ring (bicyclic) bond motifs is 2. The maximum atomic E-state index is 11.9. The first-order valence-electron chi connectivity index (χ1n) is 7.27. The molecule has 4 heteroatoms. The van der Waals surface area contributed by atoms with Gasteiger partial charge in [0.05, 0.1) is 7.11 Å². The summed E-state index contributed by atoms with van der Waals surface area (Å²) in [5, 5.41) is 1.77. The molecule has 0 fully saturated rings. The van der Waals surface area contributed by atoms with Crippen LogP contribution in [0.1, 0.15) is 5.56 Å². The zero-order valence-electron chi connectivity index (χ0n) is 12.8. The van der Waals surface area contributed by atoms with Gasteiger partial charge >= 0.3 is 5.63 Å². The van der Waals surface area contributed by atoms with Crippen molar-refractivity contribution in [2.75, 3.05) is 7.11 Å². The first-order chi connectivity index (χ1) is 11.2. The van der Waals surface area contributed by atoms with E-state index in [1.54, 1.807) is 13.2 Å². The fraction of sp³-hybridized carbons (Fsp3) is 0.105. The van der Waals surface area contributed by atoms with Crippen molar-refractivity contribution in [2.45, 2.75) is 6.92 Å². The highest BCUT2D eigenvalue weighted by Crippen LogP contribution is 2.35. The van der Waals surface area contributed by atoms with Crippen LogP contribution >= 0.6 is 0 Å². The lowest BCUT2D eigenvalue weighted by Gasteiger charge is -2.03. The maximum Gasteiger partial charge on any atom is 0.336 e. The Morgan fingerprint density at radius 2 is 1.87 bits per heavy atom. The van der Waals surface area contributed by atoms with E-state index in [1.807, 2.05) is 43.3 Å². The molecule has 23 heavy (non-hydrogen) atoms. The number of aryl methyl sites for hydroxylation is 1. The summed E-state index contributed by atoms with van der Waals surface area (Å²) >= 11 is 0. The van der Waals surface area contributed by atoms with Gasteiger partial charge in [0.25, 0.3) is 0 Å². The minimum Gasteiger partial charge on any atom is -0.493 e. The number of hydrogen-bond acceptors (Lipinski definition) is 4. The molecule has 0 spiro atoms. The Kier molecular flexibility index (Phi) is 2.98. The molecule has 0 unspecified atom stereocenters. The van der Waals surface area contributed by atoms with E-state index in [1.165, 1.54) is 6.07 Å². The lowest BCUT2D eigenvalue weighted by molar-refractivity contribution is 0.411. The standard InChI is InChI=1S/C19H14O4/c1-11-6-7-15-13(8-11)14(10-18(20)22-15)17-9-12-4-3-5-16(21-2)19(12)23-17/h3-10H,1-2H3. The zero-order chi connectivity index (χ0) is 16.0. The highest BCUT2D eigenvalue weighted by molar-refractivity contribution is 5.95. The Labute approximate surface area is 131 Å². The molecule has 114 valence electrons. The van der Waals surface area contributed by atoms with Crippen molar-refractivity contribution in [3.8, 4) is 17.1 Å². The van der Waals surface area contributed by atoms with Gasteiger partial charge in [-0.1, -0.05) is 23.8 Å². The van der Waals surface area contributed by atoms with Crippen molar-refractivity contribution in [3.63, 3.8) is 0 Å². The number of ether oxygens (including phenoxy) is 1. The fourth-order valence-corrected chi connectivity index (χ4v) is 2.81. The van der Waals surface area contributed by atoms with E-state index in [9.17, 15) is 4.79 Å². The Bertz CT molecular complexity index is 1090. The first kappa shape index (κ1) is 13.6. The smallest absolute Gasteiger partial charge is 0.336 e. The molecule has 0 aliphatic heterocycles. The maximum absolute atomic E-state index is 11.9. The lowest BCUT2D eigenvalue weighted by atomic mass is 10.1. The lowest BCUT2D eigenvalue weighted by Crippen LogP contribution is -1.97. The summed E-state index contributed by atoms with van der Waals surface area (Å²) in [7, 11) is 1.60. The average Bonchev–Trinajstić information content (AvgIpc) is 2.98. The summed E-state index contributed by atoms with van der Waals surface area (Å²) in [6.07, 6.45) is 0. The Hall–Kier alpha value is -3.01. The van der Waals surface area contributed by atoms with Gasteiger partial charge in [0, 0.05) is 22.4 Å². The number of para-hydroxylation sites is 1. The summed E-state index contributed by atoms with van der Waals surface area (Å²) in [6, 6.07) is 14.8. The highest BCUT2D eigenvalue weighted by Gasteiger charge is 2.14. The summed E-state index contributed by atoms with van der Waals surface area (Å²) < 4.78 is 16.6. The van der Waals surface area contributed by atoms with Crippen molar-refractivity contribution >= 4 is 21.9 Å². The molecule has 2 aromatic carbocycles. The van der Waals surface area contributed by atoms with Gasteiger partial charge in [-0.15, -0.1) is 0 Å². The molecule has 4 aromatic rings. The number of furan rings is 1. The van der Waals surface area contributed by atoms with Gasteiger partial charge in [0.15, 0.2) is 11.3 Å². The van der Waals surface area contributed by atoms with E-state index >= 15 is 0 Å². The van der Waals surface area contributed by atoms with Gasteiger partial charge in [-0.25, -0.2) is 4.79 Å². The van der Waals surface area contributed by atoms with Gasteiger partial charge in [-0.3, -0.25) is 0 Å². The number of rotatable bonds is 2. The van der Waals surface area contributed by atoms with Gasteiger partial charge in [-0.2, -0.15) is 0 Å². The molecule has 4 rings (SSSR count). The van der Waals surface area contributed by atoms with Gasteiger partial charge in [-0.05, 0) is 31.2 Å². The SMILES string of the molecule is COc1cccc2cc(-c3cc(=O)oc4ccc(C)cc34)oc12. The molecular weight excluding hydrogens is 292 g/mol. The third-order valence-corrected chi connectivity index (χ3v) is 3.89. The first-order valence-corrected chi connectivity index (χ1v) is 7.27. The molecule has 4 nitrogen and oxygen atoms in total. The van der Waals surface area contributed by atoms with Crippen LogP contribution < -0.4 is 10.4 Å². The second-order valence-electron chi connectivity index (χ2n) is 5.47. The normalized spacial score (nSPS) is 11.2. The molecule has 0 aliphatic rings. The van der Waals surface area contributed by atoms with Crippen LogP contribution in [-0.4, -0.2) is 7.11 Å². The summed E-state index contributed by atoms with van der Waals surface area (Å²) in [6.45, 7) is 2.00. The van der Waals surface area contributed by atoms with Crippen molar-refractivity contribution in [2.24, 2.45) is 0 Å². The summed E-state index contributed by atoms with van der Waals surface area (Å²) in [5.41, 5.74) is 2.62. The molecule has 0 amide bonds. The van der Waals surface area contributed by atoms with Crippen LogP contribution in [0.25, 0.3) is 33.3 Å². The molecule has 0 saturated carbocycles. The Morgan fingerprint density at radius 3 is 2.70 bits per heavy atom. The van der Waals surface area contributed by atoms with Crippen LogP contribution in [0.15, 0.2) is 62.2 Å². The van der Waals surface area contributed by atoms with Crippen molar-refractivity contribution < 1.29 is 13.6 Å². The predicted octanol–water partition coefficient (Wildman–Crippen LogP) is 4.52. The second-order valence-corrected chi connectivity index (χ2v) is 5.47. The van der Waals surface area contributed by atoms with Gasteiger partial charge in [0.2, 0.25) is 0 Å². The van der Waals surface area contributed by atoms with E-state index in [4.69, 9.17) is 13.6 Å². The van der Waals surface area contributed by atoms with Crippen molar-refractivity contribution in [1.29, 1.82) is 0 Å². The Morgan fingerprint density at radius 1 is 1.00 bits per heavy atom. The predicted molar refractivity (Wildman–Crippen MR) is 89.0 cm³/mol. The van der Waals surface area contributed by atoms with E-state index in [-0.39, 0.29) is 0 Å². The Balaban J connectivity index is 2.06.